The largest absolute Gasteiger partial charge is 0.277 e. The number of nitrogens with one attached hydrogen (secondary N) is 1. The first-order valence-corrected chi connectivity index (χ1v) is 8.60. The molecule has 0 aliphatic rings. The molecule has 134 valence electrons. The van der Waals surface area contributed by atoms with Gasteiger partial charge in [-0.05, 0) is 73.0 Å². The van der Waals surface area contributed by atoms with Crippen LogP contribution in [0.15, 0.2) is 54.6 Å². The van der Waals surface area contributed by atoms with Crippen LogP contribution in [0.1, 0.15) is 28.2 Å². The number of rotatable bonds is 4. The van der Waals surface area contributed by atoms with Gasteiger partial charge in [-0.15, -0.1) is 0 Å². The number of halogens is 2. The molecule has 2 aromatic heterocycles. The summed E-state index contributed by atoms with van der Waals surface area (Å²) in [5, 5.41) is 8.31. The lowest BCUT2D eigenvalue weighted by Gasteiger charge is -2.03. The number of aromatic nitrogens is 3. The van der Waals surface area contributed by atoms with Crippen molar-refractivity contribution in [2.45, 2.75) is 13.3 Å². The second kappa shape index (κ2) is 7.11. The van der Waals surface area contributed by atoms with Crippen molar-refractivity contribution < 1.29 is 8.78 Å². The standard InChI is InChI=1S/C22H17F2N3/c1-14-3-2-4-19(25-14)6-8-22-20-12-15(5-7-21(20)26-27-22)9-16-10-17(23)13-18(24)11-16/h2-8,10-13H,9H2,1H3,(H,26,27). The average Bonchev–Trinajstić information content (AvgIpc) is 3.01. The fourth-order valence-corrected chi connectivity index (χ4v) is 3.09. The minimum atomic E-state index is -0.566. The maximum atomic E-state index is 13.4. The zero-order valence-corrected chi connectivity index (χ0v) is 14.7. The molecular formula is C22H17F2N3. The van der Waals surface area contributed by atoms with Gasteiger partial charge in [0.25, 0.3) is 0 Å². The molecule has 0 saturated carbocycles. The molecule has 0 radical (unpaired) electrons. The first-order valence-electron chi connectivity index (χ1n) is 8.60. The predicted octanol–water partition coefficient (Wildman–Crippen LogP) is 5.31. The molecular weight excluding hydrogens is 344 g/mol. The summed E-state index contributed by atoms with van der Waals surface area (Å²) in [6, 6.07) is 15.3. The molecule has 0 fully saturated rings. The highest BCUT2D eigenvalue weighted by Crippen LogP contribution is 2.22. The lowest BCUT2D eigenvalue weighted by Crippen LogP contribution is -1.91. The number of pyridine rings is 1. The maximum Gasteiger partial charge on any atom is 0.126 e. The summed E-state index contributed by atoms with van der Waals surface area (Å²) in [5.41, 5.74) is 5.06. The summed E-state index contributed by atoms with van der Waals surface area (Å²) in [6.45, 7) is 1.95. The first-order chi connectivity index (χ1) is 13.1. The molecule has 2 aromatic carbocycles. The van der Waals surface area contributed by atoms with E-state index in [0.717, 1.165) is 39.6 Å². The Morgan fingerprint density at radius 3 is 2.52 bits per heavy atom. The Morgan fingerprint density at radius 1 is 0.926 bits per heavy atom. The zero-order valence-electron chi connectivity index (χ0n) is 14.7. The van der Waals surface area contributed by atoms with Crippen molar-refractivity contribution in [3.63, 3.8) is 0 Å². The lowest BCUT2D eigenvalue weighted by molar-refractivity contribution is 0.580. The third-order valence-corrected chi connectivity index (χ3v) is 4.31. The quantitative estimate of drug-likeness (QED) is 0.535. The molecule has 0 amide bonds. The molecule has 3 nitrogen and oxygen atoms in total. The SMILES string of the molecule is Cc1cccc(C=Cc2n[nH]c3ccc(Cc4cc(F)cc(F)c4)cc23)n1. The average molecular weight is 361 g/mol. The number of aromatic amines is 1. The Kier molecular flexibility index (Phi) is 4.50. The van der Waals surface area contributed by atoms with E-state index in [0.29, 0.717) is 12.0 Å². The van der Waals surface area contributed by atoms with E-state index in [1.54, 1.807) is 0 Å². The minimum Gasteiger partial charge on any atom is -0.277 e. The molecule has 1 N–H and O–H groups in total. The van der Waals surface area contributed by atoms with E-state index >= 15 is 0 Å². The van der Waals surface area contributed by atoms with E-state index in [2.05, 4.69) is 15.2 Å². The predicted molar refractivity (Wildman–Crippen MR) is 103 cm³/mol. The number of benzene rings is 2. The van der Waals surface area contributed by atoms with Crippen molar-refractivity contribution in [1.82, 2.24) is 15.2 Å². The molecule has 5 heteroatoms. The van der Waals surface area contributed by atoms with Gasteiger partial charge < -0.3 is 0 Å². The summed E-state index contributed by atoms with van der Waals surface area (Å²) in [7, 11) is 0. The number of aryl methyl sites for hydroxylation is 1. The number of nitrogens with zero attached hydrogens (tertiary/aromatic N) is 2. The van der Waals surface area contributed by atoms with Gasteiger partial charge in [0.05, 0.1) is 16.9 Å². The van der Waals surface area contributed by atoms with Crippen LogP contribution < -0.4 is 0 Å². The van der Waals surface area contributed by atoms with Gasteiger partial charge in [0.2, 0.25) is 0 Å². The Bertz CT molecular complexity index is 1130. The molecule has 4 rings (SSSR count). The third kappa shape index (κ3) is 3.92. The van der Waals surface area contributed by atoms with E-state index in [9.17, 15) is 8.78 Å². The van der Waals surface area contributed by atoms with Crippen molar-refractivity contribution >= 4 is 23.1 Å². The van der Waals surface area contributed by atoms with E-state index in [4.69, 9.17) is 0 Å². The summed E-state index contributed by atoms with van der Waals surface area (Å²) in [5.74, 6) is -1.13. The van der Waals surface area contributed by atoms with Gasteiger partial charge in [-0.2, -0.15) is 5.10 Å². The van der Waals surface area contributed by atoms with Gasteiger partial charge in [-0.3, -0.25) is 10.1 Å². The fourth-order valence-electron chi connectivity index (χ4n) is 3.09. The smallest absolute Gasteiger partial charge is 0.126 e. The molecule has 0 bridgehead atoms. The van der Waals surface area contributed by atoms with Crippen LogP contribution in [0.25, 0.3) is 23.1 Å². The zero-order chi connectivity index (χ0) is 18.8. The van der Waals surface area contributed by atoms with E-state index in [1.165, 1.54) is 12.1 Å². The molecule has 2 heterocycles. The normalized spacial score (nSPS) is 11.5. The van der Waals surface area contributed by atoms with Crippen molar-refractivity contribution in [1.29, 1.82) is 0 Å². The van der Waals surface area contributed by atoms with Gasteiger partial charge in [0.15, 0.2) is 0 Å². The molecule has 0 unspecified atom stereocenters. The number of hydrogen-bond acceptors (Lipinski definition) is 2. The summed E-state index contributed by atoms with van der Waals surface area (Å²) in [6.07, 6.45) is 4.27. The van der Waals surface area contributed by atoms with Crippen LogP contribution in [0, 0.1) is 18.6 Å². The van der Waals surface area contributed by atoms with Crippen molar-refractivity contribution in [2.24, 2.45) is 0 Å². The topological polar surface area (TPSA) is 41.6 Å². The van der Waals surface area contributed by atoms with Gasteiger partial charge in [-0.1, -0.05) is 12.1 Å². The molecule has 0 atom stereocenters. The van der Waals surface area contributed by atoms with Crippen LogP contribution in [0.5, 0.6) is 0 Å². The van der Waals surface area contributed by atoms with Crippen molar-refractivity contribution in [3.8, 4) is 0 Å². The monoisotopic (exact) mass is 361 g/mol. The van der Waals surface area contributed by atoms with Gasteiger partial charge in [0, 0.05) is 17.1 Å². The summed E-state index contributed by atoms with van der Waals surface area (Å²) >= 11 is 0. The Morgan fingerprint density at radius 2 is 1.74 bits per heavy atom. The Labute approximate surface area is 155 Å². The second-order valence-electron chi connectivity index (χ2n) is 6.48. The van der Waals surface area contributed by atoms with E-state index in [1.807, 2.05) is 55.5 Å². The highest BCUT2D eigenvalue weighted by Gasteiger charge is 2.07. The van der Waals surface area contributed by atoms with Crippen LogP contribution in [-0.2, 0) is 6.42 Å². The van der Waals surface area contributed by atoms with Gasteiger partial charge in [0.1, 0.15) is 11.6 Å². The van der Waals surface area contributed by atoms with E-state index in [-0.39, 0.29) is 0 Å². The first kappa shape index (κ1) is 17.1. The van der Waals surface area contributed by atoms with Crippen LogP contribution in [-0.4, -0.2) is 15.2 Å². The molecule has 0 aliphatic carbocycles. The molecule has 27 heavy (non-hydrogen) atoms. The Hall–Kier alpha value is -3.34. The fraction of sp³-hybridized carbons (Fsp3) is 0.0909. The summed E-state index contributed by atoms with van der Waals surface area (Å²) in [4.78, 5) is 4.45. The number of hydrogen-bond donors (Lipinski definition) is 1. The van der Waals surface area contributed by atoms with E-state index < -0.39 is 11.6 Å². The number of H-pyrrole nitrogens is 1. The van der Waals surface area contributed by atoms with Crippen LogP contribution >= 0.6 is 0 Å². The Balaban J connectivity index is 1.64. The van der Waals surface area contributed by atoms with Crippen molar-refractivity contribution in [3.05, 3.63) is 94.4 Å². The van der Waals surface area contributed by atoms with Gasteiger partial charge in [-0.25, -0.2) is 8.78 Å². The molecule has 4 aromatic rings. The molecule has 0 spiro atoms. The number of fused-ring (bicyclic) bond motifs is 1. The van der Waals surface area contributed by atoms with Crippen molar-refractivity contribution in [2.75, 3.05) is 0 Å². The summed E-state index contributed by atoms with van der Waals surface area (Å²) < 4.78 is 26.8. The van der Waals surface area contributed by atoms with Crippen LogP contribution in [0.4, 0.5) is 8.78 Å². The van der Waals surface area contributed by atoms with Crippen LogP contribution in [0.2, 0.25) is 0 Å². The maximum absolute atomic E-state index is 13.4. The third-order valence-electron chi connectivity index (χ3n) is 4.31. The highest BCUT2D eigenvalue weighted by atomic mass is 19.1. The molecule has 0 aliphatic heterocycles. The highest BCUT2D eigenvalue weighted by molar-refractivity contribution is 5.89. The lowest BCUT2D eigenvalue weighted by atomic mass is 10.0. The van der Waals surface area contributed by atoms with Crippen LogP contribution in [0.3, 0.4) is 0 Å². The molecule has 0 saturated heterocycles. The van der Waals surface area contributed by atoms with Gasteiger partial charge >= 0.3 is 0 Å². The minimum absolute atomic E-state index is 0.443. The second-order valence-corrected chi connectivity index (χ2v) is 6.48.